The largest absolute Gasteiger partial charge is 0.396 e. The van der Waals surface area contributed by atoms with Crippen molar-refractivity contribution in [2.75, 3.05) is 19.7 Å². The fraction of sp³-hybridized carbons (Fsp3) is 0.923. The van der Waals surface area contributed by atoms with Crippen molar-refractivity contribution in [3.05, 3.63) is 0 Å². The van der Waals surface area contributed by atoms with Crippen LogP contribution in [0.5, 0.6) is 0 Å². The molecule has 0 radical (unpaired) electrons. The van der Waals surface area contributed by atoms with Gasteiger partial charge in [-0.05, 0) is 37.5 Å². The lowest BCUT2D eigenvalue weighted by Gasteiger charge is -2.60. The lowest BCUT2D eigenvalue weighted by atomic mass is 9.45. The Kier molecular flexibility index (Phi) is 3.61. The predicted molar refractivity (Wildman–Crippen MR) is 69.8 cm³/mol. The number of hydrogen-bond acceptors (Lipinski definition) is 2. The number of rotatable bonds is 5. The van der Waals surface area contributed by atoms with Gasteiger partial charge in [0.15, 0.2) is 5.96 Å². The summed E-state index contributed by atoms with van der Waals surface area (Å²) in [5.41, 5.74) is 6.37. The van der Waals surface area contributed by atoms with E-state index in [1.807, 2.05) is 0 Å². The van der Waals surface area contributed by atoms with Gasteiger partial charge in [0.25, 0.3) is 0 Å². The van der Waals surface area contributed by atoms with Gasteiger partial charge >= 0.3 is 0 Å². The molecule has 0 saturated heterocycles. The molecule has 0 amide bonds. The average molecular weight is 239 g/mol. The van der Waals surface area contributed by atoms with Crippen LogP contribution in [0.25, 0.3) is 0 Å². The Bertz CT molecular complexity index is 289. The van der Waals surface area contributed by atoms with Crippen molar-refractivity contribution in [3.8, 4) is 0 Å². The molecule has 4 heteroatoms. The quantitative estimate of drug-likeness (QED) is 0.499. The topological polar surface area (TPSA) is 70.6 Å². The minimum absolute atomic E-state index is 0.0267. The lowest BCUT2D eigenvalue weighted by molar-refractivity contribution is -0.114. The third-order valence-electron chi connectivity index (χ3n) is 4.39. The lowest BCUT2D eigenvalue weighted by Crippen LogP contribution is -2.54. The van der Waals surface area contributed by atoms with E-state index >= 15 is 0 Å². The van der Waals surface area contributed by atoms with Crippen LogP contribution in [-0.2, 0) is 0 Å². The second kappa shape index (κ2) is 4.84. The van der Waals surface area contributed by atoms with Crippen molar-refractivity contribution in [1.29, 1.82) is 0 Å². The molecular weight excluding hydrogens is 214 g/mol. The Balaban J connectivity index is 1.80. The standard InChI is InChI=1S/C13H25N3O/c1-2-6-15-11(14)16-9-13(10-17)7-12(8-13)4-3-5-12/h17H,2-10H2,1H3,(H3,14,15,16). The van der Waals surface area contributed by atoms with Gasteiger partial charge in [-0.1, -0.05) is 13.3 Å². The van der Waals surface area contributed by atoms with Gasteiger partial charge in [0.1, 0.15) is 0 Å². The number of hydrogen-bond donors (Lipinski definition) is 3. The first-order valence-corrected chi connectivity index (χ1v) is 6.78. The van der Waals surface area contributed by atoms with Gasteiger partial charge in [-0.2, -0.15) is 0 Å². The number of guanidine groups is 1. The molecule has 2 aliphatic rings. The van der Waals surface area contributed by atoms with Gasteiger partial charge < -0.3 is 16.2 Å². The van der Waals surface area contributed by atoms with E-state index in [2.05, 4.69) is 17.2 Å². The van der Waals surface area contributed by atoms with Crippen molar-refractivity contribution >= 4 is 5.96 Å². The van der Waals surface area contributed by atoms with Gasteiger partial charge in [-0.25, -0.2) is 0 Å². The number of aliphatic imine (C=N–C) groups is 1. The zero-order chi connectivity index (χ0) is 12.4. The van der Waals surface area contributed by atoms with Crippen LogP contribution < -0.4 is 11.1 Å². The molecular formula is C13H25N3O. The number of nitrogens with one attached hydrogen (secondary N) is 1. The summed E-state index contributed by atoms with van der Waals surface area (Å²) in [6.07, 6.45) is 7.39. The number of aliphatic hydroxyl groups is 1. The van der Waals surface area contributed by atoms with E-state index in [1.165, 1.54) is 19.3 Å². The van der Waals surface area contributed by atoms with E-state index in [0.717, 1.165) is 25.8 Å². The van der Waals surface area contributed by atoms with Crippen LogP contribution in [0.1, 0.15) is 45.4 Å². The first kappa shape index (κ1) is 12.7. The fourth-order valence-electron chi connectivity index (χ4n) is 3.40. The Labute approximate surface area is 104 Å². The molecule has 0 aromatic heterocycles. The SMILES string of the molecule is CCCNC(N)=NCC1(CO)CC2(CCC2)C1. The summed E-state index contributed by atoms with van der Waals surface area (Å²) in [6, 6.07) is 0. The van der Waals surface area contributed by atoms with Crippen molar-refractivity contribution in [1.82, 2.24) is 5.32 Å². The monoisotopic (exact) mass is 239 g/mol. The van der Waals surface area contributed by atoms with Crippen LogP contribution in [0.4, 0.5) is 0 Å². The summed E-state index contributed by atoms with van der Waals surface area (Å²) in [6.45, 7) is 3.89. The van der Waals surface area contributed by atoms with E-state index in [4.69, 9.17) is 5.73 Å². The summed E-state index contributed by atoms with van der Waals surface area (Å²) < 4.78 is 0. The maximum Gasteiger partial charge on any atom is 0.188 e. The fourth-order valence-corrected chi connectivity index (χ4v) is 3.40. The highest BCUT2D eigenvalue weighted by Gasteiger charge is 2.56. The minimum Gasteiger partial charge on any atom is -0.396 e. The third kappa shape index (κ3) is 2.57. The highest BCUT2D eigenvalue weighted by Crippen LogP contribution is 2.64. The predicted octanol–water partition coefficient (Wildman–Crippen LogP) is 1.24. The summed E-state index contributed by atoms with van der Waals surface area (Å²) >= 11 is 0. The van der Waals surface area contributed by atoms with Gasteiger partial charge in [0.2, 0.25) is 0 Å². The molecule has 4 nitrogen and oxygen atoms in total. The van der Waals surface area contributed by atoms with Crippen molar-refractivity contribution < 1.29 is 5.11 Å². The van der Waals surface area contributed by atoms with Crippen molar-refractivity contribution in [2.24, 2.45) is 21.6 Å². The van der Waals surface area contributed by atoms with Gasteiger partial charge in [0.05, 0.1) is 13.2 Å². The van der Waals surface area contributed by atoms with Crippen LogP contribution in [-0.4, -0.2) is 30.8 Å². The summed E-state index contributed by atoms with van der Waals surface area (Å²) in [5.74, 6) is 0.522. The van der Waals surface area contributed by atoms with E-state index in [0.29, 0.717) is 17.9 Å². The molecule has 0 heterocycles. The molecule has 4 N–H and O–H groups in total. The molecule has 2 saturated carbocycles. The Morgan fingerprint density at radius 2 is 2.12 bits per heavy atom. The molecule has 0 unspecified atom stereocenters. The maximum absolute atomic E-state index is 9.55. The summed E-state index contributed by atoms with van der Waals surface area (Å²) in [7, 11) is 0. The van der Waals surface area contributed by atoms with E-state index in [1.54, 1.807) is 0 Å². The third-order valence-corrected chi connectivity index (χ3v) is 4.39. The second-order valence-corrected chi connectivity index (χ2v) is 5.99. The average Bonchev–Trinajstić information content (AvgIpc) is 2.23. The number of nitrogens with zero attached hydrogens (tertiary/aromatic N) is 1. The van der Waals surface area contributed by atoms with Crippen LogP contribution in [0, 0.1) is 10.8 Å². The highest BCUT2D eigenvalue weighted by atomic mass is 16.3. The molecule has 0 aromatic carbocycles. The van der Waals surface area contributed by atoms with Crippen LogP contribution in [0.2, 0.25) is 0 Å². The Hall–Kier alpha value is -0.770. The van der Waals surface area contributed by atoms with Crippen LogP contribution in [0.3, 0.4) is 0 Å². The number of nitrogens with two attached hydrogens (primary N) is 1. The molecule has 2 rings (SSSR count). The minimum atomic E-state index is 0.0267. The van der Waals surface area contributed by atoms with Gasteiger partial charge in [-0.15, -0.1) is 0 Å². The van der Waals surface area contributed by atoms with Crippen molar-refractivity contribution in [2.45, 2.75) is 45.4 Å². The van der Waals surface area contributed by atoms with Crippen LogP contribution in [0.15, 0.2) is 4.99 Å². The molecule has 0 aliphatic heterocycles. The first-order chi connectivity index (χ1) is 8.14. The summed E-state index contributed by atoms with van der Waals surface area (Å²) in [5, 5.41) is 12.6. The van der Waals surface area contributed by atoms with Crippen LogP contribution >= 0.6 is 0 Å². The number of aliphatic hydroxyl groups excluding tert-OH is 1. The molecule has 0 atom stereocenters. The Morgan fingerprint density at radius 3 is 2.59 bits per heavy atom. The molecule has 1 spiro atoms. The van der Waals surface area contributed by atoms with E-state index in [-0.39, 0.29) is 12.0 Å². The van der Waals surface area contributed by atoms with Gasteiger partial charge in [0, 0.05) is 12.0 Å². The van der Waals surface area contributed by atoms with E-state index in [9.17, 15) is 5.11 Å². The van der Waals surface area contributed by atoms with Gasteiger partial charge in [-0.3, -0.25) is 4.99 Å². The molecule has 2 aliphatic carbocycles. The zero-order valence-electron chi connectivity index (χ0n) is 10.8. The highest BCUT2D eigenvalue weighted by molar-refractivity contribution is 5.77. The molecule has 0 bridgehead atoms. The molecule has 0 aromatic rings. The van der Waals surface area contributed by atoms with Crippen molar-refractivity contribution in [3.63, 3.8) is 0 Å². The summed E-state index contributed by atoms with van der Waals surface area (Å²) in [4.78, 5) is 4.37. The molecule has 98 valence electrons. The zero-order valence-corrected chi connectivity index (χ0v) is 10.8. The smallest absolute Gasteiger partial charge is 0.188 e. The normalized spacial score (nSPS) is 25.2. The molecule has 17 heavy (non-hydrogen) atoms. The maximum atomic E-state index is 9.55. The van der Waals surface area contributed by atoms with E-state index < -0.39 is 0 Å². The molecule has 2 fully saturated rings. The second-order valence-electron chi connectivity index (χ2n) is 5.99. The Morgan fingerprint density at radius 1 is 1.41 bits per heavy atom. The first-order valence-electron chi connectivity index (χ1n) is 6.78.